The largest absolute Gasteiger partial charge is 0.426 e. The van der Waals surface area contributed by atoms with E-state index in [1.807, 2.05) is 6.07 Å². The molecule has 0 aromatic heterocycles. The maximum atomic E-state index is 12.7. The molecule has 3 heteroatoms. The van der Waals surface area contributed by atoms with Crippen LogP contribution in [0.3, 0.4) is 0 Å². The van der Waals surface area contributed by atoms with Crippen molar-refractivity contribution in [3.05, 3.63) is 41.5 Å². The summed E-state index contributed by atoms with van der Waals surface area (Å²) in [7, 11) is 0. The predicted molar refractivity (Wildman–Crippen MR) is 111 cm³/mol. The van der Waals surface area contributed by atoms with E-state index in [4.69, 9.17) is 4.74 Å². The van der Waals surface area contributed by atoms with E-state index in [9.17, 15) is 9.59 Å². The van der Waals surface area contributed by atoms with Crippen molar-refractivity contribution in [1.29, 1.82) is 0 Å². The van der Waals surface area contributed by atoms with Gasteiger partial charge in [-0.05, 0) is 97.8 Å². The van der Waals surface area contributed by atoms with Crippen LogP contribution in [0.4, 0.5) is 0 Å². The first-order chi connectivity index (χ1) is 14.0. The molecule has 1 aromatic rings. The molecule has 0 spiro atoms. The SMILES string of the molecule is C[C@]12CC[C@@H]3c4ccc(OC(=O)C5CC6C=CC5C6)cc4CC[C@H]3[C@@H]1CCC2=O. The molecule has 0 saturated heterocycles. The normalized spacial score (nSPS) is 41.8. The molecule has 29 heavy (non-hydrogen) atoms. The fourth-order valence-corrected chi connectivity index (χ4v) is 7.64. The molecule has 3 nitrogen and oxygen atoms in total. The summed E-state index contributed by atoms with van der Waals surface area (Å²) < 4.78 is 5.84. The molecular formula is C26H30O3. The van der Waals surface area contributed by atoms with Gasteiger partial charge in [-0.15, -0.1) is 0 Å². The van der Waals surface area contributed by atoms with E-state index in [1.165, 1.54) is 17.5 Å². The fraction of sp³-hybridized carbons (Fsp3) is 0.615. The number of rotatable bonds is 2. The van der Waals surface area contributed by atoms with Crippen LogP contribution in [0.2, 0.25) is 0 Å². The quantitative estimate of drug-likeness (QED) is 0.395. The minimum Gasteiger partial charge on any atom is -0.426 e. The summed E-state index contributed by atoms with van der Waals surface area (Å²) >= 11 is 0. The first-order valence-electron chi connectivity index (χ1n) is 11.6. The predicted octanol–water partition coefficient (Wildman–Crippen LogP) is 5.23. The molecule has 152 valence electrons. The number of Topliss-reactive ketones (excluding diaryl/α,β-unsaturated/α-hetero) is 1. The van der Waals surface area contributed by atoms with E-state index < -0.39 is 0 Å². The van der Waals surface area contributed by atoms with Crippen molar-refractivity contribution in [3.63, 3.8) is 0 Å². The van der Waals surface area contributed by atoms with Gasteiger partial charge in [0.2, 0.25) is 0 Å². The Hall–Kier alpha value is -1.90. The van der Waals surface area contributed by atoms with Crippen molar-refractivity contribution < 1.29 is 14.3 Å². The lowest BCUT2D eigenvalue weighted by molar-refractivity contribution is -0.139. The molecule has 3 unspecified atom stereocenters. The van der Waals surface area contributed by atoms with Crippen LogP contribution in [0.25, 0.3) is 0 Å². The third-order valence-corrected chi connectivity index (χ3v) is 9.21. The van der Waals surface area contributed by atoms with Crippen LogP contribution in [-0.4, -0.2) is 11.8 Å². The average Bonchev–Trinajstić information content (AvgIpc) is 3.43. The zero-order valence-corrected chi connectivity index (χ0v) is 17.2. The number of allylic oxidation sites excluding steroid dienone is 2. The van der Waals surface area contributed by atoms with E-state index in [0.29, 0.717) is 35.4 Å². The minimum absolute atomic E-state index is 0.0429. The van der Waals surface area contributed by atoms with Crippen LogP contribution < -0.4 is 4.74 Å². The number of esters is 1. The summed E-state index contributed by atoms with van der Waals surface area (Å²) in [6.45, 7) is 2.23. The maximum absolute atomic E-state index is 12.7. The van der Waals surface area contributed by atoms with Gasteiger partial charge in [-0.25, -0.2) is 0 Å². The Bertz CT molecular complexity index is 915. The molecule has 0 radical (unpaired) electrons. The number of aryl methyl sites for hydroxylation is 1. The van der Waals surface area contributed by atoms with Gasteiger partial charge in [-0.1, -0.05) is 25.1 Å². The number of hydrogen-bond donors (Lipinski definition) is 0. The van der Waals surface area contributed by atoms with Crippen LogP contribution in [0.5, 0.6) is 5.75 Å². The Morgan fingerprint density at radius 1 is 1.10 bits per heavy atom. The summed E-state index contributed by atoms with van der Waals surface area (Å²) in [4.78, 5) is 25.2. The van der Waals surface area contributed by atoms with Gasteiger partial charge in [0.25, 0.3) is 0 Å². The number of benzene rings is 1. The molecule has 0 heterocycles. The Labute approximate surface area is 172 Å². The highest BCUT2D eigenvalue weighted by atomic mass is 16.5. The second-order valence-electron chi connectivity index (χ2n) is 10.5. The van der Waals surface area contributed by atoms with Gasteiger partial charge in [0, 0.05) is 11.8 Å². The van der Waals surface area contributed by atoms with Gasteiger partial charge in [0.1, 0.15) is 11.5 Å². The topological polar surface area (TPSA) is 43.4 Å². The van der Waals surface area contributed by atoms with Crippen LogP contribution >= 0.6 is 0 Å². The molecule has 1 aromatic carbocycles. The smallest absolute Gasteiger partial charge is 0.314 e. The Morgan fingerprint density at radius 3 is 2.79 bits per heavy atom. The number of hydrogen-bond acceptors (Lipinski definition) is 3. The molecule has 5 aliphatic rings. The summed E-state index contributed by atoms with van der Waals surface area (Å²) in [5.41, 5.74) is 2.74. The Kier molecular flexibility index (Phi) is 3.89. The van der Waals surface area contributed by atoms with Gasteiger partial charge in [0.15, 0.2) is 0 Å². The third-order valence-electron chi connectivity index (χ3n) is 9.21. The van der Waals surface area contributed by atoms with Gasteiger partial charge < -0.3 is 4.74 Å². The maximum Gasteiger partial charge on any atom is 0.314 e. The Morgan fingerprint density at radius 2 is 2.00 bits per heavy atom. The highest BCUT2D eigenvalue weighted by Gasteiger charge is 2.54. The lowest BCUT2D eigenvalue weighted by Gasteiger charge is -2.48. The molecule has 6 rings (SSSR count). The van der Waals surface area contributed by atoms with Gasteiger partial charge in [0.05, 0.1) is 5.92 Å². The molecular weight excluding hydrogens is 360 g/mol. The molecule has 5 aliphatic carbocycles. The van der Waals surface area contributed by atoms with Crippen molar-refractivity contribution in [2.24, 2.45) is 35.0 Å². The molecule has 0 aliphatic heterocycles. The first-order valence-corrected chi connectivity index (χ1v) is 11.6. The van der Waals surface area contributed by atoms with Gasteiger partial charge in [-0.2, -0.15) is 0 Å². The molecule has 2 bridgehead atoms. The number of carbonyl (C=O) groups is 2. The highest BCUT2D eigenvalue weighted by molar-refractivity contribution is 5.87. The number of ketones is 1. The monoisotopic (exact) mass is 390 g/mol. The summed E-state index contributed by atoms with van der Waals surface area (Å²) in [6, 6.07) is 6.35. The second kappa shape index (κ2) is 6.30. The van der Waals surface area contributed by atoms with Crippen molar-refractivity contribution in [3.8, 4) is 5.75 Å². The third kappa shape index (κ3) is 2.62. The zero-order chi connectivity index (χ0) is 19.8. The summed E-state index contributed by atoms with van der Waals surface area (Å²) in [6.07, 6.45) is 12.8. The van der Waals surface area contributed by atoms with Crippen LogP contribution in [0.1, 0.15) is 68.9 Å². The van der Waals surface area contributed by atoms with E-state index in [-0.39, 0.29) is 17.3 Å². The fourth-order valence-electron chi connectivity index (χ4n) is 7.64. The zero-order valence-electron chi connectivity index (χ0n) is 17.2. The number of ether oxygens (including phenoxy) is 1. The molecule has 7 atom stereocenters. The second-order valence-corrected chi connectivity index (χ2v) is 10.5. The van der Waals surface area contributed by atoms with E-state index in [1.54, 1.807) is 0 Å². The molecule has 0 amide bonds. The van der Waals surface area contributed by atoms with Crippen molar-refractivity contribution in [2.45, 2.75) is 64.2 Å². The van der Waals surface area contributed by atoms with Crippen molar-refractivity contribution in [2.75, 3.05) is 0 Å². The lowest BCUT2D eigenvalue weighted by Crippen LogP contribution is -2.42. The van der Waals surface area contributed by atoms with Gasteiger partial charge in [-0.3, -0.25) is 9.59 Å². The van der Waals surface area contributed by atoms with Crippen LogP contribution in [-0.2, 0) is 16.0 Å². The molecule has 3 saturated carbocycles. The van der Waals surface area contributed by atoms with E-state index in [0.717, 1.165) is 50.7 Å². The minimum atomic E-state index is -0.0662. The number of carbonyl (C=O) groups excluding carboxylic acids is 2. The highest BCUT2D eigenvalue weighted by Crippen LogP contribution is 2.59. The molecule has 0 N–H and O–H groups in total. The van der Waals surface area contributed by atoms with Crippen molar-refractivity contribution >= 4 is 11.8 Å². The number of fused-ring (bicyclic) bond motifs is 7. The van der Waals surface area contributed by atoms with E-state index in [2.05, 4.69) is 31.2 Å². The summed E-state index contributed by atoms with van der Waals surface area (Å²) in [5.74, 6) is 3.96. The lowest BCUT2D eigenvalue weighted by atomic mass is 9.55. The standard InChI is InChI=1S/C26H30O3/c1-26-11-10-20-19-7-5-18(29-25(28)22-13-15-2-3-16(22)12-15)14-17(19)4-6-21(20)23(26)8-9-24(26)27/h2-3,5,7,14-16,20-23H,4,6,8-13H2,1H3/t15?,16?,20-,21-,22?,23+,26+/m1/s1. The molecule has 3 fully saturated rings. The first kappa shape index (κ1) is 17.9. The van der Waals surface area contributed by atoms with Crippen molar-refractivity contribution in [1.82, 2.24) is 0 Å². The van der Waals surface area contributed by atoms with Gasteiger partial charge >= 0.3 is 5.97 Å². The van der Waals surface area contributed by atoms with Crippen LogP contribution in [0, 0.1) is 35.0 Å². The Balaban J connectivity index is 1.21. The average molecular weight is 391 g/mol. The summed E-state index contributed by atoms with van der Waals surface area (Å²) in [5, 5.41) is 0. The van der Waals surface area contributed by atoms with E-state index >= 15 is 0 Å². The van der Waals surface area contributed by atoms with Crippen LogP contribution in [0.15, 0.2) is 30.4 Å².